The molecule has 4 rings (SSSR count). The zero-order valence-electron chi connectivity index (χ0n) is 17.3. The number of carbonyl (C=O) groups is 2. The monoisotopic (exact) mass is 471 g/mol. The molecule has 1 fully saturated rings. The number of amides is 1. The smallest absolute Gasteiger partial charge is 0.295 e. The van der Waals surface area contributed by atoms with E-state index in [-0.39, 0.29) is 23.4 Å². The standard InChI is InChI=1S/C24H19ClFNO4S/c1-13-9-10-32-23(13)20-19(21(28)17-11-15(25)5-8-18(17)31-2)22(29)24(30)27(20)12-14-3-6-16(26)7-4-14/h3-11,20,28H,12H2,1-2H3/b21-19+. The Morgan fingerprint density at radius 2 is 1.91 bits per heavy atom. The van der Waals surface area contributed by atoms with Crippen molar-refractivity contribution < 1.29 is 23.8 Å². The Morgan fingerprint density at radius 1 is 1.19 bits per heavy atom. The van der Waals surface area contributed by atoms with Gasteiger partial charge in [0.25, 0.3) is 11.7 Å². The maximum atomic E-state index is 13.4. The number of nitrogens with zero attached hydrogens (tertiary/aromatic N) is 1. The van der Waals surface area contributed by atoms with E-state index in [2.05, 4.69) is 0 Å². The highest BCUT2D eigenvalue weighted by Gasteiger charge is 2.47. The van der Waals surface area contributed by atoms with Crippen LogP contribution in [0.2, 0.25) is 5.02 Å². The van der Waals surface area contributed by atoms with Crippen molar-refractivity contribution in [2.75, 3.05) is 7.11 Å². The van der Waals surface area contributed by atoms with E-state index in [4.69, 9.17) is 16.3 Å². The lowest BCUT2D eigenvalue weighted by atomic mass is 9.98. The van der Waals surface area contributed by atoms with Crippen LogP contribution in [0.4, 0.5) is 4.39 Å². The molecule has 0 radical (unpaired) electrons. The quantitative estimate of drug-likeness (QED) is 0.304. The van der Waals surface area contributed by atoms with Gasteiger partial charge >= 0.3 is 0 Å². The first-order valence-corrected chi connectivity index (χ1v) is 11.0. The third-order valence-corrected chi connectivity index (χ3v) is 6.68. The normalized spacial score (nSPS) is 17.8. The molecule has 0 spiro atoms. The van der Waals surface area contributed by atoms with Crippen LogP contribution in [0.3, 0.4) is 0 Å². The van der Waals surface area contributed by atoms with Gasteiger partial charge in [-0.2, -0.15) is 0 Å². The summed E-state index contributed by atoms with van der Waals surface area (Å²) >= 11 is 7.51. The summed E-state index contributed by atoms with van der Waals surface area (Å²) in [7, 11) is 1.44. The van der Waals surface area contributed by atoms with Gasteiger partial charge in [0.1, 0.15) is 23.4 Å². The van der Waals surface area contributed by atoms with Gasteiger partial charge in [-0.3, -0.25) is 9.59 Å². The van der Waals surface area contributed by atoms with Gasteiger partial charge in [-0.25, -0.2) is 4.39 Å². The third kappa shape index (κ3) is 3.89. The molecule has 0 aliphatic carbocycles. The van der Waals surface area contributed by atoms with Crippen LogP contribution in [-0.4, -0.2) is 28.8 Å². The van der Waals surface area contributed by atoms with Crippen LogP contribution < -0.4 is 4.74 Å². The Labute approximate surface area is 193 Å². The molecule has 1 aromatic heterocycles. The largest absolute Gasteiger partial charge is 0.507 e. The number of methoxy groups -OCH3 is 1. The first-order chi connectivity index (χ1) is 15.3. The van der Waals surface area contributed by atoms with Crippen LogP contribution in [-0.2, 0) is 16.1 Å². The number of aliphatic hydroxyl groups excluding tert-OH is 1. The van der Waals surface area contributed by atoms with Crippen LogP contribution in [0, 0.1) is 12.7 Å². The van der Waals surface area contributed by atoms with Gasteiger partial charge in [0.15, 0.2) is 0 Å². The molecule has 1 unspecified atom stereocenters. The molecule has 2 heterocycles. The third-order valence-electron chi connectivity index (χ3n) is 5.37. The van der Waals surface area contributed by atoms with Gasteiger partial charge in [0.05, 0.1) is 18.2 Å². The lowest BCUT2D eigenvalue weighted by molar-refractivity contribution is -0.140. The Bertz CT molecular complexity index is 1240. The number of thiophene rings is 1. The number of aryl methyl sites for hydroxylation is 1. The van der Waals surface area contributed by atoms with E-state index in [1.54, 1.807) is 24.3 Å². The Morgan fingerprint density at radius 3 is 2.53 bits per heavy atom. The topological polar surface area (TPSA) is 66.8 Å². The lowest BCUT2D eigenvalue weighted by Gasteiger charge is -2.25. The minimum Gasteiger partial charge on any atom is -0.507 e. The van der Waals surface area contributed by atoms with Crippen molar-refractivity contribution in [3.05, 3.63) is 91.9 Å². The molecule has 1 N–H and O–H groups in total. The number of benzene rings is 2. The SMILES string of the molecule is COc1ccc(Cl)cc1/C(O)=C1\C(=O)C(=O)N(Cc2ccc(F)cc2)C1c1sccc1C. The molecule has 164 valence electrons. The van der Waals surface area contributed by atoms with Gasteiger partial charge in [0, 0.05) is 16.4 Å². The van der Waals surface area contributed by atoms with Crippen molar-refractivity contribution in [1.82, 2.24) is 4.90 Å². The minimum atomic E-state index is -0.802. The molecule has 1 aliphatic rings. The van der Waals surface area contributed by atoms with E-state index in [0.717, 1.165) is 10.4 Å². The first kappa shape index (κ1) is 22.0. The maximum absolute atomic E-state index is 13.4. The minimum absolute atomic E-state index is 0.0387. The summed E-state index contributed by atoms with van der Waals surface area (Å²) in [6, 6.07) is 11.5. The second-order valence-corrected chi connectivity index (χ2v) is 8.75. The van der Waals surface area contributed by atoms with Crippen molar-refractivity contribution in [2.45, 2.75) is 19.5 Å². The number of likely N-dealkylation sites (tertiary alicyclic amines) is 1. The van der Waals surface area contributed by atoms with Gasteiger partial charge in [-0.1, -0.05) is 23.7 Å². The van der Waals surface area contributed by atoms with E-state index in [1.165, 1.54) is 41.5 Å². The molecule has 3 aromatic rings. The molecule has 1 aliphatic heterocycles. The first-order valence-electron chi connectivity index (χ1n) is 9.72. The molecule has 0 saturated carbocycles. The number of ketones is 1. The van der Waals surface area contributed by atoms with E-state index in [9.17, 15) is 19.1 Å². The van der Waals surface area contributed by atoms with Crippen LogP contribution in [0.25, 0.3) is 5.76 Å². The van der Waals surface area contributed by atoms with Crippen LogP contribution in [0.1, 0.15) is 27.6 Å². The van der Waals surface area contributed by atoms with Gasteiger partial charge < -0.3 is 14.7 Å². The van der Waals surface area contributed by atoms with E-state index in [0.29, 0.717) is 16.3 Å². The predicted molar refractivity (Wildman–Crippen MR) is 121 cm³/mol. The zero-order valence-corrected chi connectivity index (χ0v) is 18.8. The average molecular weight is 472 g/mol. The fourth-order valence-corrected chi connectivity index (χ4v) is 5.00. The highest BCUT2D eigenvalue weighted by molar-refractivity contribution is 7.10. The van der Waals surface area contributed by atoms with E-state index >= 15 is 0 Å². The van der Waals surface area contributed by atoms with Crippen LogP contribution >= 0.6 is 22.9 Å². The number of aliphatic hydroxyl groups is 1. The number of ether oxygens (including phenoxy) is 1. The highest BCUT2D eigenvalue weighted by Crippen LogP contribution is 2.44. The Kier molecular flexibility index (Phi) is 6.04. The molecule has 2 aromatic carbocycles. The number of carbonyl (C=O) groups excluding carboxylic acids is 2. The fraction of sp³-hybridized carbons (Fsp3) is 0.167. The summed E-state index contributed by atoms with van der Waals surface area (Å²) in [5, 5.41) is 13.4. The molecule has 1 atom stereocenters. The molecule has 5 nitrogen and oxygen atoms in total. The number of rotatable bonds is 5. The average Bonchev–Trinajstić information content (AvgIpc) is 3.30. The van der Waals surface area contributed by atoms with Crippen molar-refractivity contribution in [3.63, 3.8) is 0 Å². The Hall–Kier alpha value is -3.16. The number of halogens is 2. The highest BCUT2D eigenvalue weighted by atomic mass is 35.5. The van der Waals surface area contributed by atoms with Gasteiger partial charge in [-0.05, 0) is 59.8 Å². The van der Waals surface area contributed by atoms with Crippen molar-refractivity contribution in [2.24, 2.45) is 0 Å². The Balaban J connectivity index is 1.89. The molecule has 1 saturated heterocycles. The summed E-state index contributed by atoms with van der Waals surface area (Å²) in [6.07, 6.45) is 0. The zero-order chi connectivity index (χ0) is 23.0. The van der Waals surface area contributed by atoms with Gasteiger partial charge in [-0.15, -0.1) is 11.3 Å². The van der Waals surface area contributed by atoms with Crippen molar-refractivity contribution >= 4 is 40.4 Å². The lowest BCUT2D eigenvalue weighted by Crippen LogP contribution is -2.29. The second-order valence-electron chi connectivity index (χ2n) is 7.37. The molecular weight excluding hydrogens is 453 g/mol. The number of Topliss-reactive ketones (excluding diaryl/α,β-unsaturated/α-hetero) is 1. The number of hydrogen-bond donors (Lipinski definition) is 1. The molecular formula is C24H19ClFNO4S. The molecule has 32 heavy (non-hydrogen) atoms. The van der Waals surface area contributed by atoms with Crippen molar-refractivity contribution in [1.29, 1.82) is 0 Å². The fourth-order valence-electron chi connectivity index (χ4n) is 3.78. The second kappa shape index (κ2) is 8.76. The predicted octanol–water partition coefficient (Wildman–Crippen LogP) is 5.48. The van der Waals surface area contributed by atoms with Gasteiger partial charge in [0.2, 0.25) is 0 Å². The van der Waals surface area contributed by atoms with Crippen LogP contribution in [0.15, 0.2) is 59.5 Å². The molecule has 8 heteroatoms. The summed E-state index contributed by atoms with van der Waals surface area (Å²) in [5.41, 5.74) is 1.73. The van der Waals surface area contributed by atoms with E-state index < -0.39 is 23.5 Å². The van der Waals surface area contributed by atoms with Crippen LogP contribution in [0.5, 0.6) is 5.75 Å². The molecule has 1 amide bonds. The summed E-state index contributed by atoms with van der Waals surface area (Å²) in [6.45, 7) is 1.96. The number of hydrogen-bond acceptors (Lipinski definition) is 5. The molecule has 0 bridgehead atoms. The van der Waals surface area contributed by atoms with Crippen molar-refractivity contribution in [3.8, 4) is 5.75 Å². The maximum Gasteiger partial charge on any atom is 0.295 e. The van der Waals surface area contributed by atoms with E-state index in [1.807, 2.05) is 18.4 Å². The summed E-state index contributed by atoms with van der Waals surface area (Å²) in [5.74, 6) is -1.98. The summed E-state index contributed by atoms with van der Waals surface area (Å²) in [4.78, 5) is 28.4. The summed E-state index contributed by atoms with van der Waals surface area (Å²) < 4.78 is 18.7.